The van der Waals surface area contributed by atoms with Gasteiger partial charge in [0.2, 0.25) is 0 Å². The van der Waals surface area contributed by atoms with Crippen molar-refractivity contribution in [2.75, 3.05) is 6.61 Å². The molecule has 16 heavy (non-hydrogen) atoms. The van der Waals surface area contributed by atoms with Crippen LogP contribution in [0.15, 0.2) is 30.3 Å². The summed E-state index contributed by atoms with van der Waals surface area (Å²) >= 11 is 0. The molecule has 0 amide bonds. The quantitative estimate of drug-likeness (QED) is 0.761. The zero-order valence-electron chi connectivity index (χ0n) is 8.91. The molecule has 4 atom stereocenters. The van der Waals surface area contributed by atoms with Crippen LogP contribution in [0.5, 0.6) is 0 Å². The van der Waals surface area contributed by atoms with E-state index in [1.165, 1.54) is 0 Å². The van der Waals surface area contributed by atoms with E-state index in [0.29, 0.717) is 13.2 Å². The zero-order chi connectivity index (χ0) is 11.0. The molecule has 1 aromatic rings. The first-order chi connectivity index (χ1) is 7.84. The molecule has 2 fully saturated rings. The van der Waals surface area contributed by atoms with E-state index >= 15 is 0 Å². The summed E-state index contributed by atoms with van der Waals surface area (Å²) in [6.07, 6.45) is -0.0907. The average molecular weight is 221 g/mol. The van der Waals surface area contributed by atoms with Crippen LogP contribution in [0.3, 0.4) is 0 Å². The Morgan fingerprint density at radius 3 is 2.88 bits per heavy atom. The van der Waals surface area contributed by atoms with E-state index in [-0.39, 0.29) is 24.5 Å². The molecule has 4 heteroatoms. The second-order valence-electron chi connectivity index (χ2n) is 4.23. The van der Waals surface area contributed by atoms with E-state index in [4.69, 9.17) is 19.9 Å². The maximum atomic E-state index is 5.78. The van der Waals surface area contributed by atoms with Gasteiger partial charge in [-0.1, -0.05) is 30.3 Å². The Kier molecular flexibility index (Phi) is 2.65. The summed E-state index contributed by atoms with van der Waals surface area (Å²) in [7, 11) is 0. The molecule has 0 radical (unpaired) electrons. The Balaban J connectivity index is 1.53. The minimum Gasteiger partial charge on any atom is -0.362 e. The lowest BCUT2D eigenvalue weighted by molar-refractivity contribution is -0.168. The second kappa shape index (κ2) is 4.14. The van der Waals surface area contributed by atoms with Crippen molar-refractivity contribution in [3.8, 4) is 0 Å². The molecular weight excluding hydrogens is 206 g/mol. The van der Waals surface area contributed by atoms with Gasteiger partial charge in [0.1, 0.15) is 12.2 Å². The zero-order valence-corrected chi connectivity index (χ0v) is 8.91. The van der Waals surface area contributed by atoms with E-state index < -0.39 is 0 Å². The minimum atomic E-state index is -0.259. The molecule has 2 aliphatic rings. The Hall–Kier alpha value is -0.940. The van der Waals surface area contributed by atoms with Crippen LogP contribution in [0.1, 0.15) is 5.56 Å². The first kappa shape index (κ1) is 10.2. The monoisotopic (exact) mass is 221 g/mol. The summed E-state index contributed by atoms with van der Waals surface area (Å²) in [5, 5.41) is 0. The molecule has 4 nitrogen and oxygen atoms in total. The third-order valence-corrected chi connectivity index (χ3v) is 2.96. The number of hydrogen-bond donors (Lipinski definition) is 1. The number of ether oxygens (including phenoxy) is 3. The number of epoxide rings is 1. The molecule has 0 spiro atoms. The van der Waals surface area contributed by atoms with Crippen molar-refractivity contribution in [1.29, 1.82) is 0 Å². The molecule has 0 saturated carbocycles. The van der Waals surface area contributed by atoms with Crippen molar-refractivity contribution in [1.82, 2.24) is 0 Å². The van der Waals surface area contributed by atoms with Gasteiger partial charge in [-0.05, 0) is 5.56 Å². The lowest BCUT2D eigenvalue weighted by atomic mass is 10.1. The standard InChI is InChI=1S/C12H15NO3/c13-9-7-15-12(11-10(9)16-11)14-6-8-4-2-1-3-5-8/h1-5,9-12H,6-7,13H2/t9-,10+,11+,12-/m0/s1. The van der Waals surface area contributed by atoms with Crippen molar-refractivity contribution >= 4 is 0 Å². The van der Waals surface area contributed by atoms with Gasteiger partial charge in [-0.15, -0.1) is 0 Å². The molecule has 0 aliphatic carbocycles. The SMILES string of the molecule is N[C@H]1CO[C@H](OCc2ccccc2)[C@@H]2O[C@@H]21. The first-order valence-corrected chi connectivity index (χ1v) is 5.53. The third-order valence-electron chi connectivity index (χ3n) is 2.96. The minimum absolute atomic E-state index is 0.00146. The fourth-order valence-electron chi connectivity index (χ4n) is 1.99. The molecule has 2 saturated heterocycles. The normalized spacial score (nSPS) is 36.8. The third kappa shape index (κ3) is 1.97. The highest BCUT2D eigenvalue weighted by Gasteiger charge is 2.53. The van der Waals surface area contributed by atoms with Crippen LogP contribution < -0.4 is 5.73 Å². The molecule has 0 bridgehead atoms. The Labute approximate surface area is 94.3 Å². The molecule has 0 unspecified atom stereocenters. The number of nitrogens with two attached hydrogens (primary N) is 1. The van der Waals surface area contributed by atoms with E-state index in [9.17, 15) is 0 Å². The van der Waals surface area contributed by atoms with Crippen molar-refractivity contribution in [2.45, 2.75) is 31.1 Å². The highest BCUT2D eigenvalue weighted by molar-refractivity contribution is 5.13. The highest BCUT2D eigenvalue weighted by Crippen LogP contribution is 2.34. The van der Waals surface area contributed by atoms with Gasteiger partial charge in [0, 0.05) is 0 Å². The van der Waals surface area contributed by atoms with Crippen molar-refractivity contribution < 1.29 is 14.2 Å². The van der Waals surface area contributed by atoms with Crippen LogP contribution in [0.2, 0.25) is 0 Å². The van der Waals surface area contributed by atoms with Crippen LogP contribution in [0, 0.1) is 0 Å². The van der Waals surface area contributed by atoms with Gasteiger partial charge in [0.05, 0.1) is 19.3 Å². The summed E-state index contributed by atoms with van der Waals surface area (Å²) in [6, 6.07) is 10.0. The summed E-state index contributed by atoms with van der Waals surface area (Å²) < 4.78 is 16.6. The van der Waals surface area contributed by atoms with E-state index in [0.717, 1.165) is 5.56 Å². The Bertz CT molecular complexity index is 357. The average Bonchev–Trinajstić information content (AvgIpc) is 3.11. The maximum Gasteiger partial charge on any atom is 0.186 e. The number of benzene rings is 1. The molecule has 1 aromatic carbocycles. The lowest BCUT2D eigenvalue weighted by Gasteiger charge is -2.23. The predicted octanol–water partition coefficient (Wildman–Crippen LogP) is 0.654. The Morgan fingerprint density at radius 2 is 2.06 bits per heavy atom. The van der Waals surface area contributed by atoms with Gasteiger partial charge >= 0.3 is 0 Å². The molecule has 2 aliphatic heterocycles. The van der Waals surface area contributed by atoms with Crippen molar-refractivity contribution in [3.63, 3.8) is 0 Å². The summed E-state index contributed by atoms with van der Waals surface area (Å²) in [4.78, 5) is 0. The van der Waals surface area contributed by atoms with Gasteiger partial charge in [0.15, 0.2) is 6.29 Å². The highest BCUT2D eigenvalue weighted by atomic mass is 16.7. The molecule has 0 aromatic heterocycles. The van der Waals surface area contributed by atoms with Gasteiger partial charge in [0.25, 0.3) is 0 Å². The lowest BCUT2D eigenvalue weighted by Crippen LogP contribution is -2.43. The van der Waals surface area contributed by atoms with E-state index in [1.807, 2.05) is 30.3 Å². The van der Waals surface area contributed by atoms with Crippen molar-refractivity contribution in [3.05, 3.63) is 35.9 Å². The maximum absolute atomic E-state index is 5.78. The smallest absolute Gasteiger partial charge is 0.186 e. The molecule has 86 valence electrons. The van der Waals surface area contributed by atoms with Gasteiger partial charge in [-0.3, -0.25) is 0 Å². The van der Waals surface area contributed by atoms with Crippen LogP contribution in [0.4, 0.5) is 0 Å². The van der Waals surface area contributed by atoms with Gasteiger partial charge in [-0.25, -0.2) is 0 Å². The van der Waals surface area contributed by atoms with E-state index in [1.54, 1.807) is 0 Å². The molecular formula is C12H15NO3. The largest absolute Gasteiger partial charge is 0.362 e. The number of rotatable bonds is 3. The number of hydrogen-bond acceptors (Lipinski definition) is 4. The molecule has 2 heterocycles. The predicted molar refractivity (Wildman–Crippen MR) is 57.6 cm³/mol. The summed E-state index contributed by atoms with van der Waals surface area (Å²) in [5.41, 5.74) is 6.92. The molecule has 3 rings (SSSR count). The van der Waals surface area contributed by atoms with Crippen LogP contribution >= 0.6 is 0 Å². The van der Waals surface area contributed by atoms with Crippen molar-refractivity contribution in [2.24, 2.45) is 5.73 Å². The Morgan fingerprint density at radius 1 is 1.25 bits per heavy atom. The fourth-order valence-corrected chi connectivity index (χ4v) is 1.99. The van der Waals surface area contributed by atoms with Gasteiger partial charge in [-0.2, -0.15) is 0 Å². The van der Waals surface area contributed by atoms with Crippen LogP contribution in [0.25, 0.3) is 0 Å². The second-order valence-corrected chi connectivity index (χ2v) is 4.23. The topological polar surface area (TPSA) is 57.0 Å². The fraction of sp³-hybridized carbons (Fsp3) is 0.500. The molecule has 2 N–H and O–H groups in total. The first-order valence-electron chi connectivity index (χ1n) is 5.53. The number of fused-ring (bicyclic) bond motifs is 1. The van der Waals surface area contributed by atoms with E-state index in [2.05, 4.69) is 0 Å². The summed E-state index contributed by atoms with van der Waals surface area (Å²) in [6.45, 7) is 1.06. The van der Waals surface area contributed by atoms with Gasteiger partial charge < -0.3 is 19.9 Å². The van der Waals surface area contributed by atoms with Crippen LogP contribution in [-0.4, -0.2) is 31.1 Å². The summed E-state index contributed by atoms with van der Waals surface area (Å²) in [5.74, 6) is 0. The van der Waals surface area contributed by atoms with Crippen LogP contribution in [-0.2, 0) is 20.8 Å².